The van der Waals surface area contributed by atoms with Gasteiger partial charge in [0.15, 0.2) is 0 Å². The molecule has 1 heterocycles. The highest BCUT2D eigenvalue weighted by atomic mass is 35.5. The third kappa shape index (κ3) is 3.94. The zero-order chi connectivity index (χ0) is 13.8. The highest BCUT2D eigenvalue weighted by molar-refractivity contribution is 7.98. The second-order valence-corrected chi connectivity index (χ2v) is 6.72. The van der Waals surface area contributed by atoms with E-state index in [2.05, 4.69) is 18.5 Å². The zero-order valence-electron chi connectivity index (χ0n) is 11.2. The molecule has 2 nitrogen and oxygen atoms in total. The second kappa shape index (κ2) is 7.07. The smallest absolute Gasteiger partial charge is 0.142 e. The molecular formula is C14H19Cl2NOS. The van der Waals surface area contributed by atoms with Crippen molar-refractivity contribution in [1.29, 1.82) is 0 Å². The summed E-state index contributed by atoms with van der Waals surface area (Å²) in [6.45, 7) is 3.95. The third-order valence-electron chi connectivity index (χ3n) is 3.23. The average molecular weight is 320 g/mol. The number of benzene rings is 1. The molecule has 0 spiro atoms. The Balaban J connectivity index is 2.09. The summed E-state index contributed by atoms with van der Waals surface area (Å²) in [5.74, 6) is 2.60. The first-order valence-electron chi connectivity index (χ1n) is 6.46. The van der Waals surface area contributed by atoms with E-state index in [4.69, 9.17) is 27.9 Å². The standard InChI is InChI=1S/C14H19Cl2NOS/c1-9(8-19-2)7-17-13-3-4-18-14-11(13)5-10(15)6-12(14)16/h5-6,9,13,17H,3-4,7-8H2,1-2H3. The molecule has 1 aromatic rings. The van der Waals surface area contributed by atoms with Crippen LogP contribution in [0, 0.1) is 5.92 Å². The first kappa shape index (κ1) is 15.3. The number of hydrogen-bond donors (Lipinski definition) is 1. The van der Waals surface area contributed by atoms with Crippen LogP contribution < -0.4 is 10.1 Å². The molecule has 1 aliphatic rings. The lowest BCUT2D eigenvalue weighted by Gasteiger charge is -2.28. The van der Waals surface area contributed by atoms with Crippen LogP contribution in [0.1, 0.15) is 24.9 Å². The van der Waals surface area contributed by atoms with Crippen molar-refractivity contribution in [1.82, 2.24) is 5.32 Å². The predicted octanol–water partition coefficient (Wildman–Crippen LogP) is 4.41. The fourth-order valence-electron chi connectivity index (χ4n) is 2.32. The monoisotopic (exact) mass is 319 g/mol. The second-order valence-electron chi connectivity index (χ2n) is 4.96. The number of rotatable bonds is 5. The van der Waals surface area contributed by atoms with Crippen molar-refractivity contribution >= 4 is 35.0 Å². The summed E-state index contributed by atoms with van der Waals surface area (Å²) < 4.78 is 5.66. The molecule has 0 saturated heterocycles. The lowest BCUT2D eigenvalue weighted by molar-refractivity contribution is 0.250. The summed E-state index contributed by atoms with van der Waals surface area (Å²) in [6.07, 6.45) is 3.09. The first-order chi connectivity index (χ1) is 9.11. The number of nitrogens with one attached hydrogen (secondary N) is 1. The van der Waals surface area contributed by atoms with Crippen molar-refractivity contribution in [3.8, 4) is 5.75 Å². The van der Waals surface area contributed by atoms with E-state index in [0.29, 0.717) is 22.6 Å². The molecule has 0 bridgehead atoms. The molecule has 0 amide bonds. The van der Waals surface area contributed by atoms with Gasteiger partial charge in [-0.15, -0.1) is 0 Å². The van der Waals surface area contributed by atoms with Crippen molar-refractivity contribution in [3.05, 3.63) is 27.7 Å². The zero-order valence-corrected chi connectivity index (χ0v) is 13.5. The molecule has 0 aromatic heterocycles. The Morgan fingerprint density at radius 2 is 2.26 bits per heavy atom. The van der Waals surface area contributed by atoms with Gasteiger partial charge in [-0.05, 0) is 36.6 Å². The van der Waals surface area contributed by atoms with Gasteiger partial charge in [0, 0.05) is 23.0 Å². The van der Waals surface area contributed by atoms with Gasteiger partial charge in [-0.3, -0.25) is 0 Å². The Morgan fingerprint density at radius 3 is 3.00 bits per heavy atom. The van der Waals surface area contributed by atoms with Crippen molar-refractivity contribution in [2.45, 2.75) is 19.4 Å². The van der Waals surface area contributed by atoms with Crippen LogP contribution in [0.15, 0.2) is 12.1 Å². The van der Waals surface area contributed by atoms with E-state index in [0.717, 1.165) is 24.3 Å². The third-order valence-corrected chi connectivity index (χ3v) is 4.63. The molecule has 0 fully saturated rings. The van der Waals surface area contributed by atoms with Gasteiger partial charge in [0.1, 0.15) is 5.75 Å². The number of hydrogen-bond acceptors (Lipinski definition) is 3. The molecule has 2 atom stereocenters. The maximum atomic E-state index is 6.18. The highest BCUT2D eigenvalue weighted by Crippen LogP contribution is 2.39. The van der Waals surface area contributed by atoms with E-state index in [1.165, 1.54) is 5.75 Å². The van der Waals surface area contributed by atoms with Gasteiger partial charge < -0.3 is 10.1 Å². The molecule has 0 radical (unpaired) electrons. The normalized spacial score (nSPS) is 19.7. The molecule has 106 valence electrons. The summed E-state index contributed by atoms with van der Waals surface area (Å²) in [5, 5.41) is 4.87. The summed E-state index contributed by atoms with van der Waals surface area (Å²) in [4.78, 5) is 0. The van der Waals surface area contributed by atoms with E-state index in [1.807, 2.05) is 17.8 Å². The Labute approximate surface area is 129 Å². The van der Waals surface area contributed by atoms with Crippen LogP contribution in [0.25, 0.3) is 0 Å². The van der Waals surface area contributed by atoms with Crippen molar-refractivity contribution in [3.63, 3.8) is 0 Å². The summed E-state index contributed by atoms with van der Waals surface area (Å²) >= 11 is 14.2. The van der Waals surface area contributed by atoms with Crippen LogP contribution in [0.2, 0.25) is 10.0 Å². The number of fused-ring (bicyclic) bond motifs is 1. The molecule has 2 unspecified atom stereocenters. The fraction of sp³-hybridized carbons (Fsp3) is 0.571. The molecule has 19 heavy (non-hydrogen) atoms. The van der Waals surface area contributed by atoms with Crippen LogP contribution in [-0.2, 0) is 0 Å². The number of halogens is 2. The molecule has 5 heteroatoms. The molecule has 0 saturated carbocycles. The summed E-state index contributed by atoms with van der Waals surface area (Å²) in [7, 11) is 0. The van der Waals surface area contributed by atoms with Gasteiger partial charge >= 0.3 is 0 Å². The van der Waals surface area contributed by atoms with Crippen molar-refractivity contribution < 1.29 is 4.74 Å². The van der Waals surface area contributed by atoms with E-state index in [9.17, 15) is 0 Å². The van der Waals surface area contributed by atoms with Gasteiger partial charge in [-0.1, -0.05) is 30.1 Å². The van der Waals surface area contributed by atoms with E-state index in [-0.39, 0.29) is 6.04 Å². The van der Waals surface area contributed by atoms with Crippen molar-refractivity contribution in [2.75, 3.05) is 25.2 Å². The minimum atomic E-state index is 0.282. The molecule has 2 rings (SSSR count). The highest BCUT2D eigenvalue weighted by Gasteiger charge is 2.24. The molecule has 1 N–H and O–H groups in total. The maximum Gasteiger partial charge on any atom is 0.142 e. The summed E-state index contributed by atoms with van der Waals surface area (Å²) in [6, 6.07) is 3.98. The van der Waals surface area contributed by atoms with E-state index >= 15 is 0 Å². The van der Waals surface area contributed by atoms with Gasteiger partial charge in [0.2, 0.25) is 0 Å². The quantitative estimate of drug-likeness (QED) is 0.868. The van der Waals surface area contributed by atoms with Crippen LogP contribution >= 0.6 is 35.0 Å². The molecular weight excluding hydrogens is 301 g/mol. The maximum absolute atomic E-state index is 6.18. The Morgan fingerprint density at radius 1 is 1.47 bits per heavy atom. The first-order valence-corrected chi connectivity index (χ1v) is 8.61. The number of ether oxygens (including phenoxy) is 1. The fourth-order valence-corrected chi connectivity index (χ4v) is 3.58. The van der Waals surface area contributed by atoms with Crippen LogP contribution in [-0.4, -0.2) is 25.2 Å². The SMILES string of the molecule is CSCC(C)CNC1CCOc2c(Cl)cc(Cl)cc21. The molecule has 0 aliphatic carbocycles. The van der Waals surface area contributed by atoms with Crippen LogP contribution in [0.5, 0.6) is 5.75 Å². The minimum Gasteiger partial charge on any atom is -0.492 e. The Hall–Kier alpha value is -0.0900. The molecule has 1 aromatic carbocycles. The average Bonchev–Trinajstić information content (AvgIpc) is 2.36. The number of thioether (sulfide) groups is 1. The molecule has 1 aliphatic heterocycles. The predicted molar refractivity (Wildman–Crippen MR) is 84.9 cm³/mol. The Bertz CT molecular complexity index is 442. The van der Waals surface area contributed by atoms with Gasteiger partial charge in [-0.2, -0.15) is 11.8 Å². The van der Waals surface area contributed by atoms with Crippen LogP contribution in [0.4, 0.5) is 0 Å². The van der Waals surface area contributed by atoms with Gasteiger partial charge in [0.25, 0.3) is 0 Å². The minimum absolute atomic E-state index is 0.282. The Kier molecular flexibility index (Phi) is 5.70. The lowest BCUT2D eigenvalue weighted by Crippen LogP contribution is -2.31. The lowest BCUT2D eigenvalue weighted by atomic mass is 10.00. The topological polar surface area (TPSA) is 21.3 Å². The summed E-state index contributed by atoms with van der Waals surface area (Å²) in [5.41, 5.74) is 1.08. The van der Waals surface area contributed by atoms with Crippen LogP contribution in [0.3, 0.4) is 0 Å². The van der Waals surface area contributed by atoms with Gasteiger partial charge in [-0.25, -0.2) is 0 Å². The van der Waals surface area contributed by atoms with E-state index in [1.54, 1.807) is 6.07 Å². The largest absolute Gasteiger partial charge is 0.492 e. The van der Waals surface area contributed by atoms with E-state index < -0.39 is 0 Å². The van der Waals surface area contributed by atoms with Crippen molar-refractivity contribution in [2.24, 2.45) is 5.92 Å². The van der Waals surface area contributed by atoms with Gasteiger partial charge in [0.05, 0.1) is 11.6 Å².